The number of nitrogens with one attached hydrogen (secondary N) is 1. The van der Waals surface area contributed by atoms with Crippen LogP contribution in [0.1, 0.15) is 40.0 Å². The summed E-state index contributed by atoms with van der Waals surface area (Å²) in [5, 5.41) is 12.4. The van der Waals surface area contributed by atoms with E-state index in [1.807, 2.05) is 0 Å². The molecule has 7 heteroatoms. The van der Waals surface area contributed by atoms with Crippen molar-refractivity contribution in [2.45, 2.75) is 51.7 Å². The number of piperidine rings is 2. The number of hydrogen-bond donors (Lipinski definition) is 2. The zero-order chi connectivity index (χ0) is 15.8. The molecule has 21 heavy (non-hydrogen) atoms. The van der Waals surface area contributed by atoms with E-state index in [0.717, 1.165) is 0 Å². The molecule has 118 valence electrons. The fourth-order valence-electron chi connectivity index (χ4n) is 2.96. The van der Waals surface area contributed by atoms with Crippen molar-refractivity contribution in [1.29, 1.82) is 0 Å². The van der Waals surface area contributed by atoms with Gasteiger partial charge in [0.05, 0.1) is 0 Å². The summed E-state index contributed by atoms with van der Waals surface area (Å²) in [5.41, 5.74) is -1.73. The Hall–Kier alpha value is -1.79. The third-order valence-electron chi connectivity index (χ3n) is 4.04. The van der Waals surface area contributed by atoms with Gasteiger partial charge in [-0.05, 0) is 33.6 Å². The zero-order valence-electron chi connectivity index (χ0n) is 12.6. The van der Waals surface area contributed by atoms with E-state index in [1.165, 1.54) is 4.90 Å². The number of rotatable bonds is 1. The van der Waals surface area contributed by atoms with Gasteiger partial charge in [0.1, 0.15) is 11.0 Å². The number of fused-ring (bicyclic) bond motifs is 1. The van der Waals surface area contributed by atoms with Crippen LogP contribution in [0, 0.1) is 5.41 Å². The minimum absolute atomic E-state index is 0.0716. The van der Waals surface area contributed by atoms with Crippen molar-refractivity contribution >= 4 is 18.0 Å². The van der Waals surface area contributed by atoms with Gasteiger partial charge < -0.3 is 20.1 Å². The molecule has 2 amide bonds. The summed E-state index contributed by atoms with van der Waals surface area (Å²) in [7, 11) is 0. The predicted molar refractivity (Wildman–Crippen MR) is 73.7 cm³/mol. The number of likely N-dealkylation sites (tertiary alicyclic amines) is 1. The van der Waals surface area contributed by atoms with Gasteiger partial charge in [-0.15, -0.1) is 0 Å². The first-order chi connectivity index (χ1) is 9.64. The number of hydrogen-bond acceptors (Lipinski definition) is 4. The molecule has 2 unspecified atom stereocenters. The molecule has 0 aromatic rings. The number of amides is 2. The average molecular weight is 298 g/mol. The van der Waals surface area contributed by atoms with Gasteiger partial charge >= 0.3 is 12.1 Å². The van der Waals surface area contributed by atoms with Crippen molar-refractivity contribution in [3.8, 4) is 0 Å². The lowest BCUT2D eigenvalue weighted by Gasteiger charge is -2.47. The Labute approximate surface area is 123 Å². The van der Waals surface area contributed by atoms with E-state index >= 15 is 0 Å². The van der Waals surface area contributed by atoms with Gasteiger partial charge in [0.15, 0.2) is 0 Å². The highest BCUT2D eigenvalue weighted by Crippen LogP contribution is 2.38. The smallest absolute Gasteiger partial charge is 0.410 e. The lowest BCUT2D eigenvalue weighted by atomic mass is 9.70. The van der Waals surface area contributed by atoms with E-state index in [-0.39, 0.29) is 25.3 Å². The normalized spacial score (nSPS) is 29.4. The highest BCUT2D eigenvalue weighted by molar-refractivity contribution is 5.84. The predicted octanol–water partition coefficient (Wildman–Crippen LogP) is 0.977. The second kappa shape index (κ2) is 5.20. The van der Waals surface area contributed by atoms with Crippen LogP contribution >= 0.6 is 0 Å². The molecule has 0 saturated carbocycles. The van der Waals surface area contributed by atoms with Crippen LogP contribution in [0.25, 0.3) is 0 Å². The molecule has 2 fully saturated rings. The van der Waals surface area contributed by atoms with Crippen molar-refractivity contribution in [3.05, 3.63) is 0 Å². The largest absolute Gasteiger partial charge is 0.481 e. The monoisotopic (exact) mass is 298 g/mol. The topological polar surface area (TPSA) is 95.9 Å². The Morgan fingerprint density at radius 2 is 2.10 bits per heavy atom. The summed E-state index contributed by atoms with van der Waals surface area (Å²) < 4.78 is 5.31. The molecule has 2 heterocycles. The number of aliphatic carboxylic acids is 1. The summed E-state index contributed by atoms with van der Waals surface area (Å²) in [4.78, 5) is 36.8. The van der Waals surface area contributed by atoms with Gasteiger partial charge in [0, 0.05) is 25.6 Å². The quantitative estimate of drug-likeness (QED) is 0.752. The maximum atomic E-state index is 12.1. The summed E-state index contributed by atoms with van der Waals surface area (Å²) in [6, 6.07) is -0.421. The van der Waals surface area contributed by atoms with Crippen LogP contribution in [0.15, 0.2) is 0 Å². The van der Waals surface area contributed by atoms with Gasteiger partial charge in [-0.3, -0.25) is 9.59 Å². The molecule has 2 rings (SSSR count). The molecule has 2 aliphatic heterocycles. The summed E-state index contributed by atoms with van der Waals surface area (Å²) >= 11 is 0. The maximum absolute atomic E-state index is 12.1. The van der Waals surface area contributed by atoms with E-state index in [1.54, 1.807) is 20.8 Å². The van der Waals surface area contributed by atoms with E-state index in [9.17, 15) is 19.5 Å². The van der Waals surface area contributed by atoms with E-state index in [4.69, 9.17) is 4.74 Å². The van der Waals surface area contributed by atoms with E-state index < -0.39 is 29.1 Å². The van der Waals surface area contributed by atoms with Crippen LogP contribution < -0.4 is 5.32 Å². The van der Waals surface area contributed by atoms with Gasteiger partial charge in [0.25, 0.3) is 0 Å². The molecule has 2 atom stereocenters. The van der Waals surface area contributed by atoms with Crippen LogP contribution in [-0.2, 0) is 14.3 Å². The first-order valence-electron chi connectivity index (χ1n) is 7.15. The molecule has 2 saturated heterocycles. The molecule has 0 aromatic heterocycles. The Morgan fingerprint density at radius 3 is 2.67 bits per heavy atom. The van der Waals surface area contributed by atoms with E-state index in [2.05, 4.69) is 5.32 Å². The molecule has 2 aliphatic rings. The molecular formula is C14H22N2O5. The maximum Gasteiger partial charge on any atom is 0.410 e. The van der Waals surface area contributed by atoms with Crippen LogP contribution in [0.3, 0.4) is 0 Å². The fraction of sp³-hybridized carbons (Fsp3) is 0.786. The van der Waals surface area contributed by atoms with Crippen molar-refractivity contribution < 1.29 is 24.2 Å². The molecule has 0 bridgehead atoms. The minimum atomic E-state index is -1.11. The molecule has 0 aliphatic carbocycles. The van der Waals surface area contributed by atoms with Crippen LogP contribution in [-0.4, -0.2) is 52.7 Å². The van der Waals surface area contributed by atoms with Crippen LogP contribution in [0.5, 0.6) is 0 Å². The molecule has 0 spiro atoms. The summed E-state index contributed by atoms with van der Waals surface area (Å²) in [6.45, 7) is 5.76. The van der Waals surface area contributed by atoms with E-state index in [0.29, 0.717) is 13.0 Å². The second-order valence-corrected chi connectivity index (χ2v) is 6.77. The minimum Gasteiger partial charge on any atom is -0.481 e. The SMILES string of the molecule is CC(C)(C)OC(=O)N1CCC2NC(=O)CCC2(C(=O)O)C1. The number of nitrogens with zero attached hydrogens (tertiary/aromatic N) is 1. The molecule has 0 radical (unpaired) electrons. The molecule has 2 N–H and O–H groups in total. The average Bonchev–Trinajstić information content (AvgIpc) is 2.35. The lowest BCUT2D eigenvalue weighted by Crippen LogP contribution is -2.65. The van der Waals surface area contributed by atoms with Crippen molar-refractivity contribution in [2.75, 3.05) is 13.1 Å². The lowest BCUT2D eigenvalue weighted by molar-refractivity contribution is -0.158. The first-order valence-corrected chi connectivity index (χ1v) is 7.15. The molecule has 7 nitrogen and oxygen atoms in total. The first kappa shape index (κ1) is 15.6. The number of carboxylic acids is 1. The summed E-state index contributed by atoms with van der Waals surface area (Å²) in [5.74, 6) is -1.09. The summed E-state index contributed by atoms with van der Waals surface area (Å²) in [6.07, 6.45) is 0.346. The number of carboxylic acid groups (broad SMARTS) is 1. The van der Waals surface area contributed by atoms with Gasteiger partial charge in [0.2, 0.25) is 5.91 Å². The van der Waals surface area contributed by atoms with Crippen molar-refractivity contribution in [3.63, 3.8) is 0 Å². The van der Waals surface area contributed by atoms with Crippen LogP contribution in [0.2, 0.25) is 0 Å². The Bertz CT molecular complexity index is 470. The Morgan fingerprint density at radius 1 is 1.43 bits per heavy atom. The highest BCUT2D eigenvalue weighted by atomic mass is 16.6. The third-order valence-corrected chi connectivity index (χ3v) is 4.04. The standard InChI is InChI=1S/C14H22N2O5/c1-13(2,3)21-12(20)16-7-5-9-14(8-16,11(18)19)6-4-10(17)15-9/h9H,4-8H2,1-3H3,(H,15,17)(H,18,19). The Balaban J connectivity index is 2.16. The third kappa shape index (κ3) is 3.11. The van der Waals surface area contributed by atoms with Crippen molar-refractivity contribution in [1.82, 2.24) is 10.2 Å². The van der Waals surface area contributed by atoms with Crippen molar-refractivity contribution in [2.24, 2.45) is 5.41 Å². The molecular weight excluding hydrogens is 276 g/mol. The van der Waals surface area contributed by atoms with Gasteiger partial charge in [-0.1, -0.05) is 0 Å². The Kier molecular flexibility index (Phi) is 3.86. The number of ether oxygens (including phenoxy) is 1. The van der Waals surface area contributed by atoms with Gasteiger partial charge in [-0.2, -0.15) is 0 Å². The highest BCUT2D eigenvalue weighted by Gasteiger charge is 2.53. The van der Waals surface area contributed by atoms with Gasteiger partial charge in [-0.25, -0.2) is 4.79 Å². The fourth-order valence-corrected chi connectivity index (χ4v) is 2.96. The number of carbonyl (C=O) groups is 3. The molecule has 0 aromatic carbocycles. The number of carbonyl (C=O) groups excluding carboxylic acids is 2. The van der Waals surface area contributed by atoms with Crippen LogP contribution in [0.4, 0.5) is 4.79 Å². The zero-order valence-corrected chi connectivity index (χ0v) is 12.6. The second-order valence-electron chi connectivity index (χ2n) is 6.77.